The van der Waals surface area contributed by atoms with E-state index < -0.39 is 11.7 Å². The molecule has 0 radical (unpaired) electrons. The predicted molar refractivity (Wildman–Crippen MR) is 76.0 cm³/mol. The number of aliphatic hydroxyl groups excluding tert-OH is 1. The molecule has 2 nitrogen and oxygen atoms in total. The van der Waals surface area contributed by atoms with E-state index >= 15 is 0 Å². The fourth-order valence-corrected chi connectivity index (χ4v) is 3.13. The Morgan fingerprint density at radius 1 is 1.33 bits per heavy atom. The average molecular weight is 301 g/mol. The largest absolute Gasteiger partial charge is 0.416 e. The minimum Gasteiger partial charge on any atom is -0.395 e. The highest BCUT2D eigenvalue weighted by molar-refractivity contribution is 5.26. The van der Waals surface area contributed by atoms with Gasteiger partial charge in [0.1, 0.15) is 0 Å². The normalized spacial score (nSPS) is 22.2. The van der Waals surface area contributed by atoms with Crippen molar-refractivity contribution in [2.75, 3.05) is 13.2 Å². The molecule has 0 aromatic heterocycles. The summed E-state index contributed by atoms with van der Waals surface area (Å²) in [7, 11) is 0. The highest BCUT2D eigenvalue weighted by Crippen LogP contribution is 2.30. The number of nitrogens with zero attached hydrogens (tertiary/aromatic N) is 1. The quantitative estimate of drug-likeness (QED) is 0.920. The van der Waals surface area contributed by atoms with Gasteiger partial charge in [-0.25, -0.2) is 0 Å². The Labute approximate surface area is 123 Å². The molecule has 5 heteroatoms. The van der Waals surface area contributed by atoms with Crippen LogP contribution >= 0.6 is 0 Å². The molecule has 1 saturated heterocycles. The van der Waals surface area contributed by atoms with Crippen molar-refractivity contribution in [3.05, 3.63) is 35.4 Å². The predicted octanol–water partition coefficient (Wildman–Crippen LogP) is 3.48. The van der Waals surface area contributed by atoms with Crippen LogP contribution in [0.3, 0.4) is 0 Å². The van der Waals surface area contributed by atoms with Crippen LogP contribution in [0, 0.1) is 0 Å². The minimum absolute atomic E-state index is 0.118. The van der Waals surface area contributed by atoms with Gasteiger partial charge in [-0.1, -0.05) is 24.6 Å². The molecule has 118 valence electrons. The van der Waals surface area contributed by atoms with Gasteiger partial charge < -0.3 is 5.11 Å². The first-order chi connectivity index (χ1) is 9.91. The van der Waals surface area contributed by atoms with Gasteiger partial charge in [-0.05, 0) is 44.4 Å². The number of alkyl halides is 3. The van der Waals surface area contributed by atoms with Crippen LogP contribution in [-0.2, 0) is 12.6 Å². The maximum Gasteiger partial charge on any atom is 0.416 e. The number of likely N-dealkylation sites (tertiary alicyclic amines) is 1. The zero-order valence-electron chi connectivity index (χ0n) is 12.2. The molecule has 0 spiro atoms. The first kappa shape index (κ1) is 16.3. The topological polar surface area (TPSA) is 23.5 Å². The lowest BCUT2D eigenvalue weighted by Gasteiger charge is -2.39. The minimum atomic E-state index is -4.29. The second-order valence-corrected chi connectivity index (χ2v) is 5.82. The summed E-state index contributed by atoms with van der Waals surface area (Å²) in [6.07, 6.45) is -0.566. The van der Waals surface area contributed by atoms with Gasteiger partial charge in [0, 0.05) is 12.1 Å². The third-order valence-electron chi connectivity index (χ3n) is 4.24. The number of benzene rings is 1. The smallest absolute Gasteiger partial charge is 0.395 e. The van der Waals surface area contributed by atoms with Gasteiger partial charge in [-0.3, -0.25) is 4.90 Å². The van der Waals surface area contributed by atoms with Crippen molar-refractivity contribution >= 4 is 0 Å². The highest BCUT2D eigenvalue weighted by Gasteiger charge is 2.31. The maximum absolute atomic E-state index is 12.7. The van der Waals surface area contributed by atoms with Crippen LogP contribution in [0.2, 0.25) is 0 Å². The summed E-state index contributed by atoms with van der Waals surface area (Å²) in [5, 5.41) is 9.44. The molecule has 0 saturated carbocycles. The first-order valence-electron chi connectivity index (χ1n) is 7.44. The second-order valence-electron chi connectivity index (χ2n) is 5.82. The molecule has 1 aromatic carbocycles. The number of rotatable bonds is 4. The Morgan fingerprint density at radius 3 is 2.76 bits per heavy atom. The van der Waals surface area contributed by atoms with E-state index in [2.05, 4.69) is 4.90 Å². The van der Waals surface area contributed by atoms with E-state index in [4.69, 9.17) is 0 Å². The number of halogens is 3. The average Bonchev–Trinajstić information content (AvgIpc) is 2.46. The van der Waals surface area contributed by atoms with E-state index in [-0.39, 0.29) is 18.7 Å². The van der Waals surface area contributed by atoms with Crippen molar-refractivity contribution in [1.29, 1.82) is 0 Å². The van der Waals surface area contributed by atoms with E-state index in [0.717, 1.165) is 31.9 Å². The van der Waals surface area contributed by atoms with E-state index in [1.165, 1.54) is 12.1 Å². The number of hydrogen-bond donors (Lipinski definition) is 1. The summed E-state index contributed by atoms with van der Waals surface area (Å²) in [6, 6.07) is 5.80. The maximum atomic E-state index is 12.7. The Kier molecular flexibility index (Phi) is 5.27. The molecular formula is C16H22F3NO. The molecule has 0 unspecified atom stereocenters. The third-order valence-corrected chi connectivity index (χ3v) is 4.24. The summed E-state index contributed by atoms with van der Waals surface area (Å²) < 4.78 is 38.2. The molecule has 1 heterocycles. The molecule has 2 atom stereocenters. The monoisotopic (exact) mass is 301 g/mol. The third kappa shape index (κ3) is 4.20. The van der Waals surface area contributed by atoms with Gasteiger partial charge >= 0.3 is 6.18 Å². The van der Waals surface area contributed by atoms with Crippen LogP contribution in [-0.4, -0.2) is 35.2 Å². The molecule has 1 aromatic rings. The summed E-state index contributed by atoms with van der Waals surface area (Å²) in [5.41, 5.74) is 0.101. The summed E-state index contributed by atoms with van der Waals surface area (Å²) >= 11 is 0. The van der Waals surface area contributed by atoms with Crippen LogP contribution in [0.15, 0.2) is 24.3 Å². The van der Waals surface area contributed by atoms with E-state index in [1.807, 2.05) is 6.92 Å². The van der Waals surface area contributed by atoms with E-state index in [9.17, 15) is 18.3 Å². The van der Waals surface area contributed by atoms with Crippen LogP contribution in [0.25, 0.3) is 0 Å². The van der Waals surface area contributed by atoms with Crippen LogP contribution < -0.4 is 0 Å². The lowest BCUT2D eigenvalue weighted by atomic mass is 9.97. The SMILES string of the molecule is C[C@@H](Cc1cccc(C(F)(F)F)c1)N1CCCC[C@H]1CO. The Hall–Kier alpha value is -1.07. The zero-order valence-corrected chi connectivity index (χ0v) is 12.2. The summed E-state index contributed by atoms with van der Waals surface area (Å²) in [6.45, 7) is 3.05. The highest BCUT2D eigenvalue weighted by atomic mass is 19.4. The first-order valence-corrected chi connectivity index (χ1v) is 7.44. The van der Waals surface area contributed by atoms with Crippen molar-refractivity contribution in [1.82, 2.24) is 4.90 Å². The number of aliphatic hydroxyl groups is 1. The van der Waals surface area contributed by atoms with Crippen LogP contribution in [0.5, 0.6) is 0 Å². The van der Waals surface area contributed by atoms with Gasteiger partial charge in [0.15, 0.2) is 0 Å². The molecule has 21 heavy (non-hydrogen) atoms. The number of hydrogen-bond acceptors (Lipinski definition) is 2. The second kappa shape index (κ2) is 6.79. The molecular weight excluding hydrogens is 279 g/mol. The van der Waals surface area contributed by atoms with Gasteiger partial charge in [0.05, 0.1) is 12.2 Å². The van der Waals surface area contributed by atoms with Gasteiger partial charge in [-0.15, -0.1) is 0 Å². The molecule has 1 aliphatic rings. The number of piperidine rings is 1. The fourth-order valence-electron chi connectivity index (χ4n) is 3.13. The van der Waals surface area contributed by atoms with Crippen LogP contribution in [0.4, 0.5) is 13.2 Å². The van der Waals surface area contributed by atoms with Crippen molar-refractivity contribution < 1.29 is 18.3 Å². The zero-order chi connectivity index (χ0) is 15.5. The van der Waals surface area contributed by atoms with Gasteiger partial charge in [0.2, 0.25) is 0 Å². The van der Waals surface area contributed by atoms with Gasteiger partial charge in [0.25, 0.3) is 0 Å². The molecule has 1 N–H and O–H groups in total. The molecule has 1 fully saturated rings. The standard InChI is InChI=1S/C16H22F3NO/c1-12(20-8-3-2-7-15(20)11-21)9-13-5-4-6-14(10-13)16(17,18)19/h4-6,10,12,15,21H,2-3,7-9,11H2,1H3/t12-,15-/m0/s1. The van der Waals surface area contributed by atoms with E-state index in [0.29, 0.717) is 12.0 Å². The Morgan fingerprint density at radius 2 is 2.10 bits per heavy atom. The molecule has 1 aliphatic heterocycles. The van der Waals surface area contributed by atoms with Crippen molar-refractivity contribution in [2.24, 2.45) is 0 Å². The van der Waals surface area contributed by atoms with Crippen molar-refractivity contribution in [3.8, 4) is 0 Å². The van der Waals surface area contributed by atoms with Crippen molar-refractivity contribution in [2.45, 2.75) is 50.9 Å². The van der Waals surface area contributed by atoms with Gasteiger partial charge in [-0.2, -0.15) is 13.2 Å². The van der Waals surface area contributed by atoms with Crippen molar-refractivity contribution in [3.63, 3.8) is 0 Å². The molecule has 0 amide bonds. The Bertz CT molecular complexity index is 461. The summed E-state index contributed by atoms with van der Waals surface area (Å²) in [4.78, 5) is 2.23. The fraction of sp³-hybridized carbons (Fsp3) is 0.625. The lowest BCUT2D eigenvalue weighted by molar-refractivity contribution is -0.137. The molecule has 0 bridgehead atoms. The molecule has 2 rings (SSSR count). The molecule has 0 aliphatic carbocycles. The lowest BCUT2D eigenvalue weighted by Crippen LogP contribution is -2.47. The van der Waals surface area contributed by atoms with E-state index in [1.54, 1.807) is 6.07 Å². The Balaban J connectivity index is 2.06. The summed E-state index contributed by atoms with van der Waals surface area (Å²) in [5.74, 6) is 0. The van der Waals surface area contributed by atoms with Crippen LogP contribution in [0.1, 0.15) is 37.3 Å².